The van der Waals surface area contributed by atoms with Crippen LogP contribution < -0.4 is 5.32 Å². The van der Waals surface area contributed by atoms with Crippen molar-refractivity contribution >= 4 is 34.5 Å². The topological polar surface area (TPSA) is 55.4 Å². The number of nitrogens with one attached hydrogen (secondary N) is 1. The predicted octanol–water partition coefficient (Wildman–Crippen LogP) is 5.67. The Hall–Kier alpha value is -2.05. The van der Waals surface area contributed by atoms with Crippen LogP contribution in [0.2, 0.25) is 10.4 Å². The van der Waals surface area contributed by atoms with Crippen LogP contribution in [0.25, 0.3) is 5.52 Å². The molecule has 1 unspecified atom stereocenters. The van der Waals surface area contributed by atoms with Crippen molar-refractivity contribution < 1.29 is 8.81 Å². The van der Waals surface area contributed by atoms with Gasteiger partial charge in [-0.2, -0.15) is 4.98 Å². The normalized spacial score (nSPS) is 17.5. The summed E-state index contributed by atoms with van der Waals surface area (Å²) in [5.41, 5.74) is 2.73. The quantitative estimate of drug-likeness (QED) is 0.619. The van der Waals surface area contributed by atoms with E-state index in [-0.39, 0.29) is 17.0 Å². The minimum absolute atomic E-state index is 0.0533. The predicted molar refractivity (Wildman–Crippen MR) is 99.6 cm³/mol. The molecule has 1 atom stereocenters. The maximum absolute atomic E-state index is 13.4. The highest BCUT2D eigenvalue weighted by Gasteiger charge is 2.27. The number of anilines is 1. The van der Waals surface area contributed by atoms with Gasteiger partial charge in [0.25, 0.3) is 0 Å². The van der Waals surface area contributed by atoms with Crippen molar-refractivity contribution in [3.8, 4) is 0 Å². The molecule has 4 rings (SSSR count). The molecule has 3 aromatic rings. The highest BCUT2D eigenvalue weighted by Crippen LogP contribution is 2.41. The summed E-state index contributed by atoms with van der Waals surface area (Å²) in [6.07, 6.45) is 5.03. The molecule has 0 saturated carbocycles. The van der Waals surface area contributed by atoms with Gasteiger partial charge in [0, 0.05) is 0 Å². The average Bonchev–Trinajstić information content (AvgIpc) is 3.22. The van der Waals surface area contributed by atoms with Crippen molar-refractivity contribution in [1.82, 2.24) is 14.6 Å². The zero-order chi connectivity index (χ0) is 18.3. The van der Waals surface area contributed by atoms with E-state index in [2.05, 4.69) is 15.4 Å². The second-order valence-electron chi connectivity index (χ2n) is 6.37. The fraction of sp³-hybridized carbons (Fsp3) is 0.333. The molecule has 1 N–H and O–H groups in total. The van der Waals surface area contributed by atoms with Crippen LogP contribution >= 0.6 is 23.2 Å². The summed E-state index contributed by atoms with van der Waals surface area (Å²) in [4.78, 5) is 4.32. The van der Waals surface area contributed by atoms with Gasteiger partial charge in [0.15, 0.2) is 5.82 Å². The number of fused-ring (bicyclic) bond motifs is 1. The van der Waals surface area contributed by atoms with Gasteiger partial charge in [0.2, 0.25) is 5.28 Å². The molecule has 136 valence electrons. The van der Waals surface area contributed by atoms with Gasteiger partial charge in [-0.15, -0.1) is 5.10 Å². The third kappa shape index (κ3) is 3.08. The second-order valence-corrected chi connectivity index (χ2v) is 7.07. The summed E-state index contributed by atoms with van der Waals surface area (Å²) in [6, 6.07) is 3.70. The lowest BCUT2D eigenvalue weighted by Gasteiger charge is -2.19. The summed E-state index contributed by atoms with van der Waals surface area (Å²) in [5, 5.41) is 8.10. The smallest absolute Gasteiger partial charge is 0.243 e. The molecule has 26 heavy (non-hydrogen) atoms. The van der Waals surface area contributed by atoms with E-state index in [1.54, 1.807) is 16.9 Å². The number of aromatic nitrogens is 3. The van der Waals surface area contributed by atoms with Crippen LogP contribution in [0.3, 0.4) is 0 Å². The Morgan fingerprint density at radius 1 is 1.42 bits per heavy atom. The summed E-state index contributed by atoms with van der Waals surface area (Å²) in [7, 11) is 0. The minimum Gasteiger partial charge on any atom is -0.467 e. The fourth-order valence-electron chi connectivity index (χ4n) is 3.52. The van der Waals surface area contributed by atoms with Crippen LogP contribution in [0.4, 0.5) is 10.2 Å². The first kappa shape index (κ1) is 17.4. The van der Waals surface area contributed by atoms with E-state index in [9.17, 15) is 4.39 Å². The van der Waals surface area contributed by atoms with Crippen LogP contribution in [-0.2, 0) is 6.54 Å². The van der Waals surface area contributed by atoms with Gasteiger partial charge >= 0.3 is 0 Å². The van der Waals surface area contributed by atoms with E-state index in [0.29, 0.717) is 30.4 Å². The maximum atomic E-state index is 13.4. The van der Waals surface area contributed by atoms with E-state index >= 15 is 0 Å². The Bertz CT molecular complexity index is 981. The molecule has 5 nitrogen and oxygen atoms in total. The van der Waals surface area contributed by atoms with Crippen molar-refractivity contribution in [3.05, 3.63) is 57.6 Å². The molecule has 3 aromatic heterocycles. The zero-order valence-corrected chi connectivity index (χ0v) is 15.6. The molecule has 3 heterocycles. The zero-order valence-electron chi connectivity index (χ0n) is 14.1. The van der Waals surface area contributed by atoms with Crippen LogP contribution in [0.5, 0.6) is 0 Å². The van der Waals surface area contributed by atoms with Crippen LogP contribution in [-0.4, -0.2) is 14.6 Å². The molecule has 0 saturated heterocycles. The molecule has 1 aliphatic rings. The van der Waals surface area contributed by atoms with E-state index in [1.807, 2.05) is 19.1 Å². The van der Waals surface area contributed by atoms with Crippen molar-refractivity contribution in [2.45, 2.75) is 38.6 Å². The monoisotopic (exact) mass is 394 g/mol. The Morgan fingerprint density at radius 3 is 2.96 bits per heavy atom. The van der Waals surface area contributed by atoms with E-state index < -0.39 is 0 Å². The maximum Gasteiger partial charge on any atom is 0.243 e. The highest BCUT2D eigenvalue weighted by molar-refractivity contribution is 6.31. The van der Waals surface area contributed by atoms with Crippen LogP contribution in [0.1, 0.15) is 42.1 Å². The van der Waals surface area contributed by atoms with Crippen molar-refractivity contribution in [2.24, 2.45) is 0 Å². The fourth-order valence-corrected chi connectivity index (χ4v) is 4.10. The molecule has 0 aliphatic heterocycles. The van der Waals surface area contributed by atoms with Crippen LogP contribution in [0, 0.1) is 6.92 Å². The number of allylic oxidation sites excluding steroid dienone is 2. The minimum atomic E-state index is -0.0533. The molecule has 0 spiro atoms. The first-order valence-electron chi connectivity index (χ1n) is 8.39. The van der Waals surface area contributed by atoms with E-state index in [1.165, 1.54) is 0 Å². The molecular formula is C18H17Cl2FN4O. The van der Waals surface area contributed by atoms with Crippen molar-refractivity contribution in [1.29, 1.82) is 0 Å². The number of furan rings is 1. The molecule has 8 heteroatoms. The lowest BCUT2D eigenvalue weighted by molar-refractivity contribution is 0.496. The highest BCUT2D eigenvalue weighted by atomic mass is 35.5. The molecule has 0 amide bonds. The van der Waals surface area contributed by atoms with Crippen molar-refractivity contribution in [3.63, 3.8) is 0 Å². The van der Waals surface area contributed by atoms with Gasteiger partial charge in [-0.3, -0.25) is 0 Å². The summed E-state index contributed by atoms with van der Waals surface area (Å²) in [5.74, 6) is 1.47. The summed E-state index contributed by atoms with van der Waals surface area (Å²) in [6.45, 7) is 2.45. The Kier molecular flexibility index (Phi) is 4.63. The molecule has 0 aromatic carbocycles. The van der Waals surface area contributed by atoms with E-state index in [0.717, 1.165) is 28.8 Å². The lowest BCUT2D eigenvalue weighted by atomic mass is 9.87. The van der Waals surface area contributed by atoms with E-state index in [4.69, 9.17) is 27.6 Å². The van der Waals surface area contributed by atoms with Gasteiger partial charge in [0.1, 0.15) is 16.4 Å². The summed E-state index contributed by atoms with van der Waals surface area (Å²) < 4.78 is 20.4. The third-order valence-electron chi connectivity index (χ3n) is 4.76. The molecule has 0 radical (unpaired) electrons. The number of halogens is 3. The SMILES string of the molecule is Cc1c(C2CC=C(F)CC2)c(Cl)n2nc(Cl)nc(NCc3ccco3)c12. The first-order chi connectivity index (χ1) is 12.5. The Morgan fingerprint density at radius 2 is 2.27 bits per heavy atom. The van der Waals surface area contributed by atoms with Gasteiger partial charge in [0.05, 0.1) is 18.6 Å². The number of hydrogen-bond acceptors (Lipinski definition) is 4. The molecular weight excluding hydrogens is 378 g/mol. The number of rotatable bonds is 4. The van der Waals surface area contributed by atoms with Crippen LogP contribution in [0.15, 0.2) is 34.7 Å². The second kappa shape index (κ2) is 6.93. The Balaban J connectivity index is 1.77. The van der Waals surface area contributed by atoms with Gasteiger partial charge in [-0.25, -0.2) is 8.91 Å². The lowest BCUT2D eigenvalue weighted by Crippen LogP contribution is -2.05. The summed E-state index contributed by atoms with van der Waals surface area (Å²) >= 11 is 12.7. The number of hydrogen-bond donors (Lipinski definition) is 1. The standard InChI is InChI=1S/C18H17Cl2FN4O/c1-10-14(11-4-6-12(21)7-5-11)16(19)25-15(10)17(23-18(20)24-25)22-9-13-3-2-8-26-13/h2-3,6,8,11H,4-5,7,9H2,1H3,(H,22,23,24). The number of nitrogens with zero attached hydrogens (tertiary/aromatic N) is 3. The van der Waals surface area contributed by atoms with Gasteiger partial charge < -0.3 is 9.73 Å². The third-order valence-corrected chi connectivity index (χ3v) is 5.29. The van der Waals surface area contributed by atoms with Gasteiger partial charge in [-0.05, 0) is 67.0 Å². The largest absolute Gasteiger partial charge is 0.467 e. The van der Waals surface area contributed by atoms with Gasteiger partial charge in [-0.1, -0.05) is 17.7 Å². The van der Waals surface area contributed by atoms with Crippen molar-refractivity contribution in [2.75, 3.05) is 5.32 Å². The molecule has 1 aliphatic carbocycles. The average molecular weight is 395 g/mol. The first-order valence-corrected chi connectivity index (χ1v) is 9.15. The Labute approximate surface area is 159 Å². The molecule has 0 bridgehead atoms. The number of aryl methyl sites for hydroxylation is 1. The molecule has 0 fully saturated rings.